The molecule has 0 amide bonds. The molecule has 2 rings (SSSR count). The number of nitrogens with one attached hydrogen (secondary N) is 1. The van der Waals surface area contributed by atoms with Crippen LogP contribution in [0.25, 0.3) is 11.3 Å². The smallest absolute Gasteiger partial charge is 0.341 e. The Morgan fingerprint density at radius 2 is 2.21 bits per heavy atom. The third-order valence-electron chi connectivity index (χ3n) is 2.78. The van der Waals surface area contributed by atoms with E-state index in [1.54, 1.807) is 24.1 Å². The van der Waals surface area contributed by atoms with E-state index >= 15 is 0 Å². The lowest BCUT2D eigenvalue weighted by Gasteiger charge is -2.11. The van der Waals surface area contributed by atoms with Crippen molar-refractivity contribution in [3.63, 3.8) is 0 Å². The Bertz CT molecular complexity index is 602. The number of esters is 1. The van der Waals surface area contributed by atoms with Gasteiger partial charge in [-0.2, -0.15) is 5.10 Å². The van der Waals surface area contributed by atoms with Crippen LogP contribution in [0.3, 0.4) is 0 Å². The van der Waals surface area contributed by atoms with E-state index in [-0.39, 0.29) is 11.1 Å². The molecule has 0 spiro atoms. The predicted molar refractivity (Wildman–Crippen MR) is 67.3 cm³/mol. The van der Waals surface area contributed by atoms with Gasteiger partial charge in [-0.1, -0.05) is 0 Å². The summed E-state index contributed by atoms with van der Waals surface area (Å²) in [5.74, 6) is -0.516. The largest absolute Gasteiger partial charge is 0.465 e. The van der Waals surface area contributed by atoms with Crippen molar-refractivity contribution in [2.24, 2.45) is 0 Å². The Morgan fingerprint density at radius 1 is 1.42 bits per heavy atom. The summed E-state index contributed by atoms with van der Waals surface area (Å²) in [5, 5.41) is 6.19. The fraction of sp³-hybridized carbons (Fsp3) is 0.417. The molecular formula is C12H15N3O4. The average molecular weight is 265 g/mol. The maximum Gasteiger partial charge on any atom is 0.341 e. The first-order chi connectivity index (χ1) is 9.17. The van der Waals surface area contributed by atoms with Gasteiger partial charge in [0.25, 0.3) is 5.56 Å². The zero-order valence-corrected chi connectivity index (χ0v) is 10.8. The van der Waals surface area contributed by atoms with Crippen LogP contribution in [0.5, 0.6) is 0 Å². The molecule has 0 unspecified atom stereocenters. The van der Waals surface area contributed by atoms with E-state index < -0.39 is 5.97 Å². The van der Waals surface area contributed by atoms with Gasteiger partial charge < -0.3 is 14.0 Å². The summed E-state index contributed by atoms with van der Waals surface area (Å²) < 4.78 is 11.4. The Hall–Kier alpha value is -2.15. The highest BCUT2D eigenvalue weighted by atomic mass is 16.5. The SMILES string of the molecule is COCCCn1cc(C(=O)OC)c2n[nH]c(=O)c-2c1. The van der Waals surface area contributed by atoms with E-state index in [1.807, 2.05) is 0 Å². The molecule has 19 heavy (non-hydrogen) atoms. The predicted octanol–water partition coefficient (Wildman–Crippen LogP) is 0.499. The van der Waals surface area contributed by atoms with Crippen LogP contribution in [0.1, 0.15) is 16.8 Å². The van der Waals surface area contributed by atoms with E-state index in [1.165, 1.54) is 7.11 Å². The summed E-state index contributed by atoms with van der Waals surface area (Å²) in [6, 6.07) is 0. The van der Waals surface area contributed by atoms with Gasteiger partial charge >= 0.3 is 5.97 Å². The first-order valence-electron chi connectivity index (χ1n) is 5.82. The number of aryl methyl sites for hydroxylation is 1. The fourth-order valence-corrected chi connectivity index (χ4v) is 1.87. The van der Waals surface area contributed by atoms with Gasteiger partial charge in [0, 0.05) is 32.7 Å². The minimum absolute atomic E-state index is 0.274. The van der Waals surface area contributed by atoms with Gasteiger partial charge in [-0.25, -0.2) is 9.89 Å². The molecule has 102 valence electrons. The number of fused-ring (bicyclic) bond motifs is 1. The zero-order valence-electron chi connectivity index (χ0n) is 10.8. The number of nitrogens with zero attached hydrogens (tertiary/aromatic N) is 2. The maximum absolute atomic E-state index is 11.7. The minimum atomic E-state index is -0.516. The molecule has 0 aromatic carbocycles. The van der Waals surface area contributed by atoms with Gasteiger partial charge in [-0.05, 0) is 6.42 Å². The molecule has 2 aliphatic heterocycles. The molecule has 7 heteroatoms. The van der Waals surface area contributed by atoms with E-state index in [0.29, 0.717) is 24.4 Å². The lowest BCUT2D eigenvalue weighted by molar-refractivity contribution is 0.0600. The van der Waals surface area contributed by atoms with Gasteiger partial charge in [-0.3, -0.25) is 4.79 Å². The van der Waals surface area contributed by atoms with Crippen molar-refractivity contribution in [3.8, 4) is 11.3 Å². The van der Waals surface area contributed by atoms with Crippen molar-refractivity contribution in [2.45, 2.75) is 13.0 Å². The van der Waals surface area contributed by atoms with Crippen LogP contribution in [-0.2, 0) is 16.0 Å². The Kier molecular flexibility index (Phi) is 3.96. The molecule has 0 atom stereocenters. The number of H-pyrrole nitrogens is 1. The van der Waals surface area contributed by atoms with E-state index in [0.717, 1.165) is 6.42 Å². The van der Waals surface area contributed by atoms with E-state index in [9.17, 15) is 9.59 Å². The topological polar surface area (TPSA) is 86.2 Å². The molecule has 0 saturated carbocycles. The van der Waals surface area contributed by atoms with Crippen LogP contribution in [0.4, 0.5) is 0 Å². The van der Waals surface area contributed by atoms with Crippen LogP contribution in [0.2, 0.25) is 0 Å². The molecule has 0 fully saturated rings. The normalized spacial score (nSPS) is 10.8. The lowest BCUT2D eigenvalue weighted by atomic mass is 10.1. The first kappa shape index (κ1) is 13.3. The second-order valence-corrected chi connectivity index (χ2v) is 4.06. The van der Waals surface area contributed by atoms with E-state index in [2.05, 4.69) is 10.2 Å². The number of aromatic amines is 1. The van der Waals surface area contributed by atoms with Crippen molar-refractivity contribution >= 4 is 5.97 Å². The van der Waals surface area contributed by atoms with Gasteiger partial charge in [0.1, 0.15) is 11.3 Å². The molecule has 2 aliphatic rings. The molecule has 0 bridgehead atoms. The molecule has 0 aliphatic carbocycles. The second kappa shape index (κ2) is 5.66. The number of ether oxygens (including phenoxy) is 2. The number of hydrogen-bond donors (Lipinski definition) is 1. The number of methoxy groups -OCH3 is 2. The second-order valence-electron chi connectivity index (χ2n) is 4.06. The fourth-order valence-electron chi connectivity index (χ4n) is 1.87. The molecule has 0 radical (unpaired) electrons. The zero-order chi connectivity index (χ0) is 13.8. The number of carbonyl (C=O) groups is 1. The standard InChI is InChI=1S/C12H15N3O4/c1-18-5-3-4-15-6-8-10(13-14-11(8)16)9(7-15)12(17)19-2/h6-7H,3-5H2,1-2H3,(H,14,16). The lowest BCUT2D eigenvalue weighted by Crippen LogP contribution is -2.12. The van der Waals surface area contributed by atoms with Crippen LogP contribution < -0.4 is 5.56 Å². The average Bonchev–Trinajstić information content (AvgIpc) is 2.79. The number of aromatic nitrogens is 3. The highest BCUT2D eigenvalue weighted by Gasteiger charge is 2.21. The summed E-state index contributed by atoms with van der Waals surface area (Å²) in [5.41, 5.74) is 0.664. The van der Waals surface area contributed by atoms with Crippen LogP contribution in [0.15, 0.2) is 17.2 Å². The van der Waals surface area contributed by atoms with Crippen molar-refractivity contribution in [2.75, 3.05) is 20.8 Å². The molecule has 0 aromatic heterocycles. The van der Waals surface area contributed by atoms with Gasteiger partial charge in [-0.15, -0.1) is 0 Å². The highest BCUT2D eigenvalue weighted by molar-refractivity contribution is 5.95. The molecule has 7 nitrogen and oxygen atoms in total. The van der Waals surface area contributed by atoms with Crippen molar-refractivity contribution < 1.29 is 14.3 Å². The van der Waals surface area contributed by atoms with Crippen molar-refractivity contribution in [1.29, 1.82) is 0 Å². The maximum atomic E-state index is 11.7. The van der Waals surface area contributed by atoms with E-state index in [4.69, 9.17) is 9.47 Å². The molecule has 2 heterocycles. The first-order valence-corrected chi connectivity index (χ1v) is 5.82. The van der Waals surface area contributed by atoms with Gasteiger partial charge in [0.2, 0.25) is 0 Å². The molecular weight excluding hydrogens is 250 g/mol. The number of carbonyl (C=O) groups excluding carboxylic acids is 1. The minimum Gasteiger partial charge on any atom is -0.465 e. The van der Waals surface area contributed by atoms with Crippen LogP contribution in [0, 0.1) is 0 Å². The Morgan fingerprint density at radius 3 is 2.89 bits per heavy atom. The summed E-state index contributed by atoms with van der Waals surface area (Å²) in [4.78, 5) is 23.3. The number of pyridine rings is 1. The van der Waals surface area contributed by atoms with Crippen molar-refractivity contribution in [3.05, 3.63) is 28.3 Å². The van der Waals surface area contributed by atoms with Gasteiger partial charge in [0.15, 0.2) is 0 Å². The van der Waals surface area contributed by atoms with Crippen LogP contribution >= 0.6 is 0 Å². The quantitative estimate of drug-likeness (QED) is 0.628. The Labute approximate surface area is 109 Å². The summed E-state index contributed by atoms with van der Waals surface area (Å²) in [6.07, 6.45) is 4.08. The third kappa shape index (κ3) is 2.65. The highest BCUT2D eigenvalue weighted by Crippen LogP contribution is 2.20. The third-order valence-corrected chi connectivity index (χ3v) is 2.78. The molecule has 1 N–H and O–H groups in total. The summed E-state index contributed by atoms with van der Waals surface area (Å²) in [7, 11) is 2.92. The van der Waals surface area contributed by atoms with Crippen LogP contribution in [-0.4, -0.2) is 41.6 Å². The summed E-state index contributed by atoms with van der Waals surface area (Å²) in [6.45, 7) is 1.24. The molecule has 0 aromatic rings. The molecule has 0 saturated heterocycles. The van der Waals surface area contributed by atoms with Crippen molar-refractivity contribution in [1.82, 2.24) is 14.8 Å². The summed E-state index contributed by atoms with van der Waals surface area (Å²) >= 11 is 0. The Balaban J connectivity index is 2.42. The monoisotopic (exact) mass is 265 g/mol. The number of rotatable bonds is 5. The number of hydrogen-bond acceptors (Lipinski definition) is 5. The van der Waals surface area contributed by atoms with Gasteiger partial charge in [0.05, 0.1) is 12.7 Å².